The smallest absolute Gasteiger partial charge is 0.389 e. The Morgan fingerprint density at radius 2 is 1.89 bits per heavy atom. The van der Waals surface area contributed by atoms with Crippen LogP contribution in [0.3, 0.4) is 0 Å². The summed E-state index contributed by atoms with van der Waals surface area (Å²) >= 11 is 0. The molecule has 1 rings (SSSR count). The summed E-state index contributed by atoms with van der Waals surface area (Å²) in [7, 11) is 0. The Balaban J connectivity index is 2.29. The van der Waals surface area contributed by atoms with E-state index in [2.05, 4.69) is 4.74 Å². The molecule has 19 heavy (non-hydrogen) atoms. The number of halogens is 3. The zero-order valence-corrected chi connectivity index (χ0v) is 10.1. The first-order valence-corrected chi connectivity index (χ1v) is 5.64. The summed E-state index contributed by atoms with van der Waals surface area (Å²) in [4.78, 5) is 11.2. The fourth-order valence-electron chi connectivity index (χ4n) is 1.26. The van der Waals surface area contributed by atoms with Gasteiger partial charge in [-0.05, 0) is 30.2 Å². The van der Waals surface area contributed by atoms with Crippen LogP contribution in [0.5, 0.6) is 0 Å². The molecule has 1 aromatic carbocycles. The van der Waals surface area contributed by atoms with E-state index < -0.39 is 18.6 Å². The fourth-order valence-corrected chi connectivity index (χ4v) is 1.26. The highest BCUT2D eigenvalue weighted by atomic mass is 19.4. The zero-order chi connectivity index (χ0) is 14.3. The number of ether oxygens (including phenoxy) is 1. The Kier molecular flexibility index (Phi) is 5.41. The first-order valence-electron chi connectivity index (χ1n) is 5.64. The number of hydrogen-bond donors (Lipinski definition) is 1. The quantitative estimate of drug-likeness (QED) is 0.388. The van der Waals surface area contributed by atoms with E-state index in [9.17, 15) is 18.0 Å². The number of anilines is 1. The van der Waals surface area contributed by atoms with Crippen LogP contribution < -0.4 is 5.73 Å². The largest absolute Gasteiger partial charge is 0.463 e. The summed E-state index contributed by atoms with van der Waals surface area (Å²) in [5, 5.41) is 0. The van der Waals surface area contributed by atoms with E-state index >= 15 is 0 Å². The molecule has 3 nitrogen and oxygen atoms in total. The molecule has 0 radical (unpaired) electrons. The molecule has 0 aliphatic heterocycles. The second-order valence-electron chi connectivity index (χ2n) is 3.89. The summed E-state index contributed by atoms with van der Waals surface area (Å²) in [6.07, 6.45) is -2.73. The molecule has 1 aromatic rings. The minimum Gasteiger partial charge on any atom is -0.463 e. The average Bonchev–Trinajstić information content (AvgIpc) is 2.33. The molecule has 0 aliphatic rings. The van der Waals surface area contributed by atoms with Gasteiger partial charge in [-0.15, -0.1) is 0 Å². The molecule has 0 atom stereocenters. The van der Waals surface area contributed by atoms with Gasteiger partial charge in [0.05, 0.1) is 6.61 Å². The predicted octanol–water partition coefficient (Wildman–Crippen LogP) is 3.17. The van der Waals surface area contributed by atoms with Gasteiger partial charge in [0, 0.05) is 18.2 Å². The molecule has 0 bridgehead atoms. The van der Waals surface area contributed by atoms with Gasteiger partial charge in [-0.2, -0.15) is 13.2 Å². The van der Waals surface area contributed by atoms with Gasteiger partial charge >= 0.3 is 12.1 Å². The fraction of sp³-hybridized carbons (Fsp3) is 0.308. The van der Waals surface area contributed by atoms with Crippen LogP contribution >= 0.6 is 0 Å². The SMILES string of the molecule is Nc1ccc(C=CC(=O)OCCCC(F)(F)F)cc1. The molecule has 0 saturated carbocycles. The van der Waals surface area contributed by atoms with E-state index in [4.69, 9.17) is 5.73 Å². The van der Waals surface area contributed by atoms with Gasteiger partial charge in [-0.1, -0.05) is 12.1 Å². The molecule has 0 amide bonds. The van der Waals surface area contributed by atoms with Crippen molar-refractivity contribution in [3.8, 4) is 0 Å². The van der Waals surface area contributed by atoms with Crippen molar-refractivity contribution in [1.29, 1.82) is 0 Å². The highest BCUT2D eigenvalue weighted by Crippen LogP contribution is 2.21. The van der Waals surface area contributed by atoms with Crippen molar-refractivity contribution in [2.45, 2.75) is 19.0 Å². The maximum atomic E-state index is 11.8. The lowest BCUT2D eigenvalue weighted by Crippen LogP contribution is -2.10. The standard InChI is InChI=1S/C13H14F3NO2/c14-13(15,16)8-1-9-19-12(18)7-4-10-2-5-11(17)6-3-10/h2-7H,1,8-9,17H2. The lowest BCUT2D eigenvalue weighted by Gasteiger charge is -2.05. The van der Waals surface area contributed by atoms with Gasteiger partial charge in [0.25, 0.3) is 0 Å². The molecular formula is C13H14F3NO2. The van der Waals surface area contributed by atoms with Crippen LogP contribution in [0, 0.1) is 0 Å². The highest BCUT2D eigenvalue weighted by molar-refractivity contribution is 5.87. The molecule has 0 unspecified atom stereocenters. The number of nitrogen functional groups attached to an aromatic ring is 1. The molecule has 2 N–H and O–H groups in total. The minimum atomic E-state index is -4.22. The van der Waals surface area contributed by atoms with Crippen molar-refractivity contribution < 1.29 is 22.7 Å². The topological polar surface area (TPSA) is 52.3 Å². The van der Waals surface area contributed by atoms with Crippen molar-refractivity contribution in [3.63, 3.8) is 0 Å². The van der Waals surface area contributed by atoms with Crippen molar-refractivity contribution >= 4 is 17.7 Å². The molecule has 0 aliphatic carbocycles. The van der Waals surface area contributed by atoms with Crippen molar-refractivity contribution in [3.05, 3.63) is 35.9 Å². The number of alkyl halides is 3. The normalized spacial score (nSPS) is 11.7. The number of nitrogens with two attached hydrogens (primary N) is 1. The summed E-state index contributed by atoms with van der Waals surface area (Å²) < 4.78 is 40.1. The van der Waals surface area contributed by atoms with Crippen molar-refractivity contribution in [2.75, 3.05) is 12.3 Å². The molecule has 0 heterocycles. The van der Waals surface area contributed by atoms with Gasteiger partial charge in [0.15, 0.2) is 0 Å². The Labute approximate surface area is 108 Å². The maximum absolute atomic E-state index is 11.8. The Hall–Kier alpha value is -1.98. The predicted molar refractivity (Wildman–Crippen MR) is 66.1 cm³/mol. The molecular weight excluding hydrogens is 259 g/mol. The van der Waals surface area contributed by atoms with E-state index in [0.29, 0.717) is 5.69 Å². The monoisotopic (exact) mass is 273 g/mol. The number of benzene rings is 1. The summed E-state index contributed by atoms with van der Waals surface area (Å²) in [5.41, 5.74) is 6.85. The second-order valence-corrected chi connectivity index (χ2v) is 3.89. The summed E-state index contributed by atoms with van der Waals surface area (Å²) in [6, 6.07) is 6.77. The molecule has 6 heteroatoms. The van der Waals surface area contributed by atoms with Crippen LogP contribution in [0.25, 0.3) is 6.08 Å². The third kappa shape index (κ3) is 7.13. The molecule has 0 aromatic heterocycles. The van der Waals surface area contributed by atoms with Crippen LogP contribution in [-0.4, -0.2) is 18.8 Å². The zero-order valence-electron chi connectivity index (χ0n) is 10.1. The van der Waals surface area contributed by atoms with Gasteiger partial charge in [0.1, 0.15) is 0 Å². The molecule has 0 fully saturated rings. The van der Waals surface area contributed by atoms with Gasteiger partial charge < -0.3 is 10.5 Å². The third-order valence-corrected chi connectivity index (χ3v) is 2.20. The average molecular weight is 273 g/mol. The van der Waals surface area contributed by atoms with Crippen molar-refractivity contribution in [2.24, 2.45) is 0 Å². The number of rotatable bonds is 5. The minimum absolute atomic E-state index is 0.231. The number of esters is 1. The van der Waals surface area contributed by atoms with Crippen LogP contribution in [0.2, 0.25) is 0 Å². The van der Waals surface area contributed by atoms with Gasteiger partial charge in [0.2, 0.25) is 0 Å². The lowest BCUT2D eigenvalue weighted by molar-refractivity contribution is -0.146. The van der Waals surface area contributed by atoms with Crippen LogP contribution in [0.15, 0.2) is 30.3 Å². The van der Waals surface area contributed by atoms with Gasteiger partial charge in [-0.3, -0.25) is 0 Å². The van der Waals surface area contributed by atoms with E-state index in [1.807, 2.05) is 0 Å². The Morgan fingerprint density at radius 1 is 1.26 bits per heavy atom. The summed E-state index contributed by atoms with van der Waals surface area (Å²) in [5.74, 6) is -0.668. The van der Waals surface area contributed by atoms with Crippen LogP contribution in [0.1, 0.15) is 18.4 Å². The van der Waals surface area contributed by atoms with E-state index in [0.717, 1.165) is 5.56 Å². The molecule has 0 spiro atoms. The van der Waals surface area contributed by atoms with Crippen molar-refractivity contribution in [1.82, 2.24) is 0 Å². The van der Waals surface area contributed by atoms with Crippen LogP contribution in [-0.2, 0) is 9.53 Å². The second kappa shape index (κ2) is 6.82. The Morgan fingerprint density at radius 3 is 2.47 bits per heavy atom. The van der Waals surface area contributed by atoms with Crippen LogP contribution in [0.4, 0.5) is 18.9 Å². The third-order valence-electron chi connectivity index (χ3n) is 2.20. The molecule has 0 saturated heterocycles. The first-order chi connectivity index (χ1) is 8.87. The molecule has 104 valence electrons. The Bertz CT molecular complexity index is 438. The number of carbonyl (C=O) groups is 1. The number of carbonyl (C=O) groups excluding carboxylic acids is 1. The lowest BCUT2D eigenvalue weighted by atomic mass is 10.2. The first kappa shape index (κ1) is 15.1. The van der Waals surface area contributed by atoms with E-state index in [1.165, 1.54) is 12.2 Å². The van der Waals surface area contributed by atoms with Gasteiger partial charge in [-0.25, -0.2) is 4.79 Å². The van der Waals surface area contributed by atoms with E-state index in [-0.39, 0.29) is 13.0 Å². The maximum Gasteiger partial charge on any atom is 0.389 e. The summed E-state index contributed by atoms with van der Waals surface area (Å²) in [6.45, 7) is -0.246. The highest BCUT2D eigenvalue weighted by Gasteiger charge is 2.26. The van der Waals surface area contributed by atoms with E-state index in [1.54, 1.807) is 24.3 Å². The number of hydrogen-bond acceptors (Lipinski definition) is 3.